The molecule has 3 aromatic rings. The van der Waals surface area contributed by atoms with Gasteiger partial charge in [-0.1, -0.05) is 77.8 Å². The van der Waals surface area contributed by atoms with E-state index in [9.17, 15) is 0 Å². The molecule has 0 aromatic heterocycles. The van der Waals surface area contributed by atoms with Crippen LogP contribution in [0.5, 0.6) is 0 Å². The van der Waals surface area contributed by atoms with E-state index in [4.69, 9.17) is 40.5 Å². The zero-order valence-electron chi connectivity index (χ0n) is 14.8. The maximum atomic E-state index is 6.51. The standard InChI is InChI=1S/C22H17Cl2N3S/c23-16-11-12-18(19(24)13-16)21-14-20(15-7-3-1-4-8-15)26-27(21)22(28)25-17-9-5-2-6-10-17/h1-13,21H,14H2,(H,25,28). The summed E-state index contributed by atoms with van der Waals surface area (Å²) >= 11 is 18.3. The van der Waals surface area contributed by atoms with Crippen LogP contribution >= 0.6 is 35.4 Å². The lowest BCUT2D eigenvalue weighted by Crippen LogP contribution is -2.31. The molecular weight excluding hydrogens is 409 g/mol. The molecule has 0 aliphatic carbocycles. The predicted octanol–water partition coefficient (Wildman–Crippen LogP) is 6.54. The molecule has 0 fully saturated rings. The third-order valence-corrected chi connectivity index (χ3v) is 5.42. The van der Waals surface area contributed by atoms with Crippen molar-refractivity contribution in [2.45, 2.75) is 12.5 Å². The molecule has 6 heteroatoms. The number of nitrogens with one attached hydrogen (secondary N) is 1. The Morgan fingerprint density at radius 2 is 1.64 bits per heavy atom. The summed E-state index contributed by atoms with van der Waals surface area (Å²) in [6.45, 7) is 0. The molecule has 0 spiro atoms. The monoisotopic (exact) mass is 425 g/mol. The van der Waals surface area contributed by atoms with Crippen LogP contribution in [0.3, 0.4) is 0 Å². The van der Waals surface area contributed by atoms with Crippen molar-refractivity contribution in [2.24, 2.45) is 5.10 Å². The Labute approximate surface area is 179 Å². The van der Waals surface area contributed by atoms with E-state index in [1.165, 1.54) is 0 Å². The smallest absolute Gasteiger partial charge is 0.194 e. The second-order valence-corrected chi connectivity index (χ2v) is 7.67. The summed E-state index contributed by atoms with van der Waals surface area (Å²) in [5.41, 5.74) is 3.89. The first-order valence-electron chi connectivity index (χ1n) is 8.85. The molecule has 28 heavy (non-hydrogen) atoms. The van der Waals surface area contributed by atoms with Crippen LogP contribution in [0.2, 0.25) is 10.0 Å². The third kappa shape index (κ3) is 4.04. The topological polar surface area (TPSA) is 27.6 Å². The summed E-state index contributed by atoms with van der Waals surface area (Å²) < 4.78 is 0. The van der Waals surface area contributed by atoms with Gasteiger partial charge in [-0.2, -0.15) is 5.10 Å². The minimum Gasteiger partial charge on any atom is -0.331 e. The van der Waals surface area contributed by atoms with Crippen molar-refractivity contribution in [3.63, 3.8) is 0 Å². The summed E-state index contributed by atoms with van der Waals surface area (Å²) in [6.07, 6.45) is 0.696. The van der Waals surface area contributed by atoms with E-state index in [0.29, 0.717) is 21.6 Å². The fourth-order valence-electron chi connectivity index (χ4n) is 3.22. The Hall–Kier alpha value is -2.40. The second kappa shape index (κ2) is 8.31. The molecule has 3 nitrogen and oxygen atoms in total. The molecule has 1 aliphatic rings. The third-order valence-electron chi connectivity index (χ3n) is 4.57. The molecule has 1 aliphatic heterocycles. The van der Waals surface area contributed by atoms with Gasteiger partial charge in [0.1, 0.15) is 0 Å². The Balaban J connectivity index is 1.68. The van der Waals surface area contributed by atoms with E-state index in [-0.39, 0.29) is 6.04 Å². The number of halogens is 2. The Bertz CT molecular complexity index is 1020. The highest BCUT2D eigenvalue weighted by Gasteiger charge is 2.32. The molecule has 0 amide bonds. The predicted molar refractivity (Wildman–Crippen MR) is 121 cm³/mol. The second-order valence-electron chi connectivity index (χ2n) is 6.44. The summed E-state index contributed by atoms with van der Waals surface area (Å²) in [5, 5.41) is 11.7. The number of hydrogen-bond acceptors (Lipinski definition) is 2. The minimum absolute atomic E-state index is 0.108. The highest BCUT2D eigenvalue weighted by Crippen LogP contribution is 2.37. The van der Waals surface area contributed by atoms with Gasteiger partial charge in [-0.05, 0) is 47.6 Å². The number of hydrazone groups is 1. The van der Waals surface area contributed by atoms with Gasteiger partial charge in [0.05, 0.1) is 11.8 Å². The average molecular weight is 426 g/mol. The Morgan fingerprint density at radius 1 is 0.964 bits per heavy atom. The first-order chi connectivity index (χ1) is 13.6. The molecule has 1 heterocycles. The first kappa shape index (κ1) is 18.9. The van der Waals surface area contributed by atoms with Crippen LogP contribution in [0.15, 0.2) is 84.0 Å². The van der Waals surface area contributed by atoms with Crippen molar-refractivity contribution in [3.8, 4) is 0 Å². The molecule has 0 saturated heterocycles. The zero-order valence-corrected chi connectivity index (χ0v) is 17.2. The SMILES string of the molecule is S=C(Nc1ccccc1)N1N=C(c2ccccc2)CC1c1ccc(Cl)cc1Cl. The van der Waals surface area contributed by atoms with Crippen molar-refractivity contribution in [2.75, 3.05) is 5.32 Å². The first-order valence-corrected chi connectivity index (χ1v) is 10.0. The number of hydrogen-bond donors (Lipinski definition) is 1. The van der Waals surface area contributed by atoms with E-state index in [1.807, 2.05) is 65.7 Å². The van der Waals surface area contributed by atoms with Crippen LogP contribution in [-0.2, 0) is 0 Å². The van der Waals surface area contributed by atoms with Gasteiger partial charge in [0.2, 0.25) is 0 Å². The van der Waals surface area contributed by atoms with Gasteiger partial charge >= 0.3 is 0 Å². The largest absolute Gasteiger partial charge is 0.331 e. The fourth-order valence-corrected chi connectivity index (χ4v) is 4.04. The lowest BCUT2D eigenvalue weighted by molar-refractivity contribution is 0.375. The summed E-state index contributed by atoms with van der Waals surface area (Å²) in [7, 11) is 0. The number of para-hydroxylation sites is 1. The normalized spacial score (nSPS) is 16.0. The zero-order chi connectivity index (χ0) is 19.5. The van der Waals surface area contributed by atoms with Crippen LogP contribution in [0.25, 0.3) is 0 Å². The summed E-state index contributed by atoms with van der Waals surface area (Å²) in [6, 6.07) is 25.4. The van der Waals surface area contributed by atoms with Gasteiger partial charge in [-0.15, -0.1) is 0 Å². The number of thiocarbonyl (C=S) groups is 1. The highest BCUT2D eigenvalue weighted by molar-refractivity contribution is 7.80. The van der Waals surface area contributed by atoms with Gasteiger partial charge in [-0.25, -0.2) is 5.01 Å². The van der Waals surface area contributed by atoms with Gasteiger partial charge in [0.15, 0.2) is 5.11 Å². The van der Waals surface area contributed by atoms with Gasteiger partial charge in [-0.3, -0.25) is 0 Å². The lowest BCUT2D eigenvalue weighted by Gasteiger charge is -2.25. The molecule has 4 rings (SSSR count). The van der Waals surface area contributed by atoms with Gasteiger partial charge < -0.3 is 5.32 Å². The Morgan fingerprint density at radius 3 is 2.32 bits per heavy atom. The fraction of sp³-hybridized carbons (Fsp3) is 0.0909. The number of rotatable bonds is 3. The van der Waals surface area contributed by atoms with Crippen molar-refractivity contribution in [3.05, 3.63) is 100 Å². The van der Waals surface area contributed by atoms with Crippen LogP contribution in [0.1, 0.15) is 23.6 Å². The maximum absolute atomic E-state index is 6.51. The molecule has 0 radical (unpaired) electrons. The van der Waals surface area contributed by atoms with Crippen molar-refractivity contribution >= 4 is 51.9 Å². The lowest BCUT2D eigenvalue weighted by atomic mass is 9.98. The van der Waals surface area contributed by atoms with Crippen LogP contribution < -0.4 is 5.32 Å². The number of benzene rings is 3. The molecule has 140 valence electrons. The van der Waals surface area contributed by atoms with E-state index < -0.39 is 0 Å². The van der Waals surface area contributed by atoms with E-state index in [0.717, 1.165) is 22.5 Å². The average Bonchev–Trinajstić information content (AvgIpc) is 3.15. The van der Waals surface area contributed by atoms with Crippen molar-refractivity contribution < 1.29 is 0 Å². The molecule has 0 saturated carbocycles. The molecule has 0 bridgehead atoms. The van der Waals surface area contributed by atoms with E-state index in [1.54, 1.807) is 6.07 Å². The van der Waals surface area contributed by atoms with Crippen LogP contribution in [-0.4, -0.2) is 15.8 Å². The molecule has 1 N–H and O–H groups in total. The molecule has 1 unspecified atom stereocenters. The minimum atomic E-state index is -0.108. The van der Waals surface area contributed by atoms with E-state index in [2.05, 4.69) is 17.4 Å². The number of anilines is 1. The van der Waals surface area contributed by atoms with Crippen molar-refractivity contribution in [1.82, 2.24) is 5.01 Å². The highest BCUT2D eigenvalue weighted by atomic mass is 35.5. The molecule has 3 aromatic carbocycles. The van der Waals surface area contributed by atoms with Gasteiger partial charge in [0.25, 0.3) is 0 Å². The maximum Gasteiger partial charge on any atom is 0.194 e. The Kier molecular flexibility index (Phi) is 5.62. The van der Waals surface area contributed by atoms with Crippen LogP contribution in [0, 0.1) is 0 Å². The van der Waals surface area contributed by atoms with Crippen LogP contribution in [0.4, 0.5) is 5.69 Å². The summed E-state index contributed by atoms with van der Waals surface area (Å²) in [4.78, 5) is 0. The quantitative estimate of drug-likeness (QED) is 0.482. The summed E-state index contributed by atoms with van der Waals surface area (Å²) in [5.74, 6) is 0. The van der Waals surface area contributed by atoms with E-state index >= 15 is 0 Å². The van der Waals surface area contributed by atoms with Gasteiger partial charge in [0, 0.05) is 22.2 Å². The molecule has 1 atom stereocenters. The van der Waals surface area contributed by atoms with Crippen molar-refractivity contribution in [1.29, 1.82) is 0 Å². The molecular formula is C22H17Cl2N3S. The number of nitrogens with zero attached hydrogens (tertiary/aromatic N) is 2.